The minimum absolute atomic E-state index is 0.239. The molecule has 0 aliphatic rings. The highest BCUT2D eigenvalue weighted by Crippen LogP contribution is 2.29. The number of ether oxygens (including phenoxy) is 2. The molecule has 0 fully saturated rings. The van der Waals surface area contributed by atoms with Gasteiger partial charge in [-0.15, -0.1) is 0 Å². The fraction of sp³-hybridized carbons (Fsp3) is 0.273. The van der Waals surface area contributed by atoms with Crippen LogP contribution in [0.3, 0.4) is 0 Å². The summed E-state index contributed by atoms with van der Waals surface area (Å²) in [7, 11) is 1.89. The largest absolute Gasteiger partial charge is 0.490 e. The molecule has 2 aromatic carbocycles. The van der Waals surface area contributed by atoms with Crippen molar-refractivity contribution in [1.82, 2.24) is 14.9 Å². The van der Waals surface area contributed by atoms with Crippen molar-refractivity contribution in [2.45, 2.75) is 19.9 Å². The molecule has 0 aliphatic heterocycles. The van der Waals surface area contributed by atoms with Crippen LogP contribution in [0.1, 0.15) is 41.6 Å². The summed E-state index contributed by atoms with van der Waals surface area (Å²) in [6, 6.07) is 12.1. The van der Waals surface area contributed by atoms with Gasteiger partial charge in [0, 0.05) is 30.0 Å². The molecule has 0 saturated carbocycles. The summed E-state index contributed by atoms with van der Waals surface area (Å²) >= 11 is 6.03. The Hall–Kier alpha value is -2.99. The van der Waals surface area contributed by atoms with E-state index in [-0.39, 0.29) is 5.91 Å². The van der Waals surface area contributed by atoms with E-state index in [9.17, 15) is 4.79 Å². The summed E-state index contributed by atoms with van der Waals surface area (Å²) in [5.41, 5.74) is 1.36. The van der Waals surface area contributed by atoms with Crippen LogP contribution < -0.4 is 14.8 Å². The molecule has 1 heterocycles. The first-order valence-corrected chi connectivity index (χ1v) is 9.84. The minimum Gasteiger partial charge on any atom is -0.490 e. The normalized spacial score (nSPS) is 11.7. The lowest BCUT2D eigenvalue weighted by Gasteiger charge is -2.20. The average Bonchev–Trinajstić information content (AvgIpc) is 3.14. The number of aromatic nitrogens is 2. The van der Waals surface area contributed by atoms with Crippen molar-refractivity contribution in [2.24, 2.45) is 7.05 Å². The first-order chi connectivity index (χ1) is 14.0. The zero-order valence-corrected chi connectivity index (χ0v) is 17.4. The van der Waals surface area contributed by atoms with Crippen molar-refractivity contribution in [3.8, 4) is 11.5 Å². The predicted molar refractivity (Wildman–Crippen MR) is 113 cm³/mol. The zero-order chi connectivity index (χ0) is 20.8. The van der Waals surface area contributed by atoms with Crippen molar-refractivity contribution >= 4 is 17.5 Å². The van der Waals surface area contributed by atoms with Crippen LogP contribution in [0, 0.1) is 0 Å². The van der Waals surface area contributed by atoms with Crippen molar-refractivity contribution < 1.29 is 14.3 Å². The summed E-state index contributed by atoms with van der Waals surface area (Å²) in [4.78, 5) is 17.5. The molecule has 3 rings (SSSR count). The highest BCUT2D eigenvalue weighted by molar-refractivity contribution is 6.30. The number of carbonyl (C=O) groups is 1. The van der Waals surface area contributed by atoms with Gasteiger partial charge in [-0.05, 0) is 49.7 Å². The molecule has 1 aromatic heterocycles. The van der Waals surface area contributed by atoms with Gasteiger partial charge >= 0.3 is 0 Å². The van der Waals surface area contributed by atoms with Crippen LogP contribution in [0.4, 0.5) is 0 Å². The first-order valence-electron chi connectivity index (χ1n) is 9.46. The van der Waals surface area contributed by atoms with E-state index < -0.39 is 6.04 Å². The molecule has 1 N–H and O–H groups in total. The number of amides is 1. The lowest BCUT2D eigenvalue weighted by Crippen LogP contribution is -2.31. The second-order valence-electron chi connectivity index (χ2n) is 6.38. The Kier molecular flexibility index (Phi) is 6.77. The monoisotopic (exact) mass is 413 g/mol. The van der Waals surface area contributed by atoms with Crippen LogP contribution in [-0.4, -0.2) is 28.7 Å². The van der Waals surface area contributed by atoms with Gasteiger partial charge in [0.1, 0.15) is 11.9 Å². The van der Waals surface area contributed by atoms with E-state index in [1.54, 1.807) is 36.5 Å². The van der Waals surface area contributed by atoms with Crippen LogP contribution in [0.5, 0.6) is 11.5 Å². The highest BCUT2D eigenvalue weighted by atomic mass is 35.5. The summed E-state index contributed by atoms with van der Waals surface area (Å²) < 4.78 is 13.1. The minimum atomic E-state index is -0.429. The number of benzene rings is 2. The summed E-state index contributed by atoms with van der Waals surface area (Å²) in [6.45, 7) is 4.79. The molecular weight excluding hydrogens is 390 g/mol. The standard InChI is InChI=1S/C22H24ClN3O3/c1-4-28-18-11-8-16(14-19(18)29-5-2)22(27)25-20(21-24-12-13-26(21)3)15-6-9-17(23)10-7-15/h6-14,20H,4-5H2,1-3H3,(H,25,27)/t20-/m0/s1. The lowest BCUT2D eigenvalue weighted by molar-refractivity contribution is 0.0940. The molecule has 3 aromatic rings. The molecule has 1 amide bonds. The molecule has 29 heavy (non-hydrogen) atoms. The molecule has 1 atom stereocenters. The lowest BCUT2D eigenvalue weighted by atomic mass is 10.1. The van der Waals surface area contributed by atoms with Crippen LogP contribution in [0.2, 0.25) is 5.02 Å². The number of hydrogen-bond acceptors (Lipinski definition) is 4. The Balaban J connectivity index is 1.91. The van der Waals surface area contributed by atoms with Gasteiger partial charge in [0.15, 0.2) is 11.5 Å². The van der Waals surface area contributed by atoms with Crippen molar-refractivity contribution in [3.05, 3.63) is 76.8 Å². The Bertz CT molecular complexity index is 970. The topological polar surface area (TPSA) is 65.4 Å². The van der Waals surface area contributed by atoms with Gasteiger partial charge in [-0.2, -0.15) is 0 Å². The van der Waals surface area contributed by atoms with Gasteiger partial charge in [-0.25, -0.2) is 4.98 Å². The van der Waals surface area contributed by atoms with Crippen molar-refractivity contribution in [3.63, 3.8) is 0 Å². The number of carbonyl (C=O) groups excluding carboxylic acids is 1. The Morgan fingerprint density at radius 3 is 2.41 bits per heavy atom. The van der Waals surface area contributed by atoms with Gasteiger partial charge in [-0.1, -0.05) is 23.7 Å². The van der Waals surface area contributed by atoms with Crippen LogP contribution in [-0.2, 0) is 7.05 Å². The quantitative estimate of drug-likeness (QED) is 0.594. The molecule has 6 nitrogen and oxygen atoms in total. The van der Waals surface area contributed by atoms with Crippen molar-refractivity contribution in [1.29, 1.82) is 0 Å². The Morgan fingerprint density at radius 2 is 1.79 bits per heavy atom. The molecule has 0 saturated heterocycles. The summed E-state index contributed by atoms with van der Waals surface area (Å²) in [6.07, 6.45) is 3.54. The van der Waals surface area contributed by atoms with E-state index in [4.69, 9.17) is 21.1 Å². The number of hydrogen-bond donors (Lipinski definition) is 1. The molecule has 0 unspecified atom stereocenters. The Labute approximate surface area is 175 Å². The number of nitrogens with zero attached hydrogens (tertiary/aromatic N) is 2. The molecular formula is C22H24ClN3O3. The van der Waals surface area contributed by atoms with E-state index in [2.05, 4.69) is 10.3 Å². The number of aryl methyl sites for hydroxylation is 1. The summed E-state index contributed by atoms with van der Waals surface area (Å²) in [5.74, 6) is 1.64. The van der Waals surface area contributed by atoms with E-state index in [0.29, 0.717) is 35.3 Å². The highest BCUT2D eigenvalue weighted by Gasteiger charge is 2.22. The van der Waals surface area contributed by atoms with Gasteiger partial charge in [0.25, 0.3) is 5.91 Å². The van der Waals surface area contributed by atoms with Crippen LogP contribution in [0.25, 0.3) is 0 Å². The average molecular weight is 414 g/mol. The maximum absolute atomic E-state index is 13.1. The van der Waals surface area contributed by atoms with E-state index in [0.717, 1.165) is 11.4 Å². The number of nitrogens with one attached hydrogen (secondary N) is 1. The predicted octanol–water partition coefficient (Wildman–Crippen LogP) is 4.39. The van der Waals surface area contributed by atoms with Gasteiger partial charge in [-0.3, -0.25) is 4.79 Å². The third-order valence-electron chi connectivity index (χ3n) is 4.40. The van der Waals surface area contributed by atoms with Crippen molar-refractivity contribution in [2.75, 3.05) is 13.2 Å². The molecule has 7 heteroatoms. The van der Waals surface area contributed by atoms with Gasteiger partial charge < -0.3 is 19.4 Å². The third-order valence-corrected chi connectivity index (χ3v) is 4.65. The fourth-order valence-corrected chi connectivity index (χ4v) is 3.14. The van der Waals surface area contributed by atoms with E-state index in [1.165, 1.54) is 0 Å². The second kappa shape index (κ2) is 9.47. The maximum atomic E-state index is 13.1. The molecule has 0 spiro atoms. The second-order valence-corrected chi connectivity index (χ2v) is 6.82. The Morgan fingerprint density at radius 1 is 1.10 bits per heavy atom. The first kappa shape index (κ1) is 20.7. The summed E-state index contributed by atoms with van der Waals surface area (Å²) in [5, 5.41) is 3.70. The van der Waals surface area contributed by atoms with Gasteiger partial charge in [0.05, 0.1) is 13.2 Å². The van der Waals surface area contributed by atoms with Gasteiger partial charge in [0.2, 0.25) is 0 Å². The van der Waals surface area contributed by atoms with E-state index >= 15 is 0 Å². The van der Waals surface area contributed by atoms with Crippen LogP contribution in [0.15, 0.2) is 54.9 Å². The number of rotatable bonds is 8. The van der Waals surface area contributed by atoms with E-state index in [1.807, 2.05) is 43.8 Å². The maximum Gasteiger partial charge on any atom is 0.252 e. The fourth-order valence-electron chi connectivity index (χ4n) is 3.01. The smallest absolute Gasteiger partial charge is 0.252 e. The molecule has 0 radical (unpaired) electrons. The molecule has 152 valence electrons. The van der Waals surface area contributed by atoms with Crippen LogP contribution >= 0.6 is 11.6 Å². The number of halogens is 1. The number of imidazole rings is 1. The third kappa shape index (κ3) is 4.90. The zero-order valence-electron chi connectivity index (χ0n) is 16.7. The SMILES string of the molecule is CCOc1ccc(C(=O)N[C@@H](c2ccc(Cl)cc2)c2nccn2C)cc1OCC. The molecule has 0 bridgehead atoms. The molecule has 0 aliphatic carbocycles.